The Bertz CT molecular complexity index is 450. The van der Waals surface area contributed by atoms with E-state index >= 15 is 0 Å². The molecule has 0 spiro atoms. The van der Waals surface area contributed by atoms with Gasteiger partial charge in [-0.15, -0.1) is 0 Å². The Labute approximate surface area is 109 Å². The monoisotopic (exact) mass is 249 g/mol. The fourth-order valence-electron chi connectivity index (χ4n) is 2.91. The van der Waals surface area contributed by atoms with E-state index in [0.717, 1.165) is 31.2 Å². The van der Waals surface area contributed by atoms with Crippen LogP contribution in [0.5, 0.6) is 0 Å². The van der Waals surface area contributed by atoms with E-state index in [9.17, 15) is 4.79 Å². The van der Waals surface area contributed by atoms with Crippen molar-refractivity contribution in [3.63, 3.8) is 0 Å². The van der Waals surface area contributed by atoms with Gasteiger partial charge in [0.05, 0.1) is 12.1 Å². The molecule has 3 nitrogen and oxygen atoms in total. The summed E-state index contributed by atoms with van der Waals surface area (Å²) in [6, 6.07) is 4.16. The number of methoxy groups -OCH3 is 1. The molecule has 0 amide bonds. The van der Waals surface area contributed by atoms with Gasteiger partial charge in [-0.2, -0.15) is 0 Å². The molecule has 0 aromatic carbocycles. The van der Waals surface area contributed by atoms with Crippen molar-refractivity contribution in [3.8, 4) is 0 Å². The van der Waals surface area contributed by atoms with Crippen LogP contribution < -0.4 is 5.56 Å². The molecule has 1 aliphatic rings. The average Bonchev–Trinajstić information content (AvgIpc) is 2.79. The Hall–Kier alpha value is -1.09. The first-order chi connectivity index (χ1) is 8.63. The van der Waals surface area contributed by atoms with Crippen molar-refractivity contribution in [1.82, 2.24) is 4.57 Å². The molecule has 100 valence electrons. The zero-order valence-electron chi connectivity index (χ0n) is 11.6. The molecule has 1 fully saturated rings. The Morgan fingerprint density at radius 1 is 1.44 bits per heavy atom. The molecule has 1 aromatic heterocycles. The van der Waals surface area contributed by atoms with Gasteiger partial charge in [0, 0.05) is 18.9 Å². The molecule has 0 radical (unpaired) electrons. The van der Waals surface area contributed by atoms with Gasteiger partial charge in [0.1, 0.15) is 0 Å². The molecule has 1 aromatic rings. The van der Waals surface area contributed by atoms with Crippen LogP contribution in [0.1, 0.15) is 44.7 Å². The van der Waals surface area contributed by atoms with E-state index in [4.69, 9.17) is 4.74 Å². The van der Waals surface area contributed by atoms with Gasteiger partial charge in [0.15, 0.2) is 0 Å². The Balaban J connectivity index is 2.31. The topological polar surface area (TPSA) is 31.2 Å². The van der Waals surface area contributed by atoms with E-state index in [1.165, 1.54) is 0 Å². The maximum atomic E-state index is 12.5. The summed E-state index contributed by atoms with van der Waals surface area (Å²) in [4.78, 5) is 12.5. The Kier molecular flexibility index (Phi) is 4.23. The second-order valence-corrected chi connectivity index (χ2v) is 5.62. The quantitative estimate of drug-likeness (QED) is 0.821. The van der Waals surface area contributed by atoms with E-state index in [0.29, 0.717) is 5.92 Å². The minimum Gasteiger partial charge on any atom is -0.379 e. The number of rotatable bonds is 4. The van der Waals surface area contributed by atoms with Gasteiger partial charge in [-0.1, -0.05) is 19.9 Å². The molecule has 2 rings (SSSR count). The highest BCUT2D eigenvalue weighted by Gasteiger charge is 2.29. The van der Waals surface area contributed by atoms with Crippen LogP contribution in [0.4, 0.5) is 0 Å². The minimum absolute atomic E-state index is 0.167. The first kappa shape index (κ1) is 13.3. The van der Waals surface area contributed by atoms with Crippen LogP contribution in [0.2, 0.25) is 0 Å². The Morgan fingerprint density at radius 3 is 2.89 bits per heavy atom. The molecule has 0 N–H and O–H groups in total. The van der Waals surface area contributed by atoms with Gasteiger partial charge < -0.3 is 9.30 Å². The van der Waals surface area contributed by atoms with Gasteiger partial charge >= 0.3 is 0 Å². The van der Waals surface area contributed by atoms with E-state index in [1.54, 1.807) is 7.11 Å². The standard InChI is InChI=1S/C15H23NO2/c1-11(2)10-12-6-5-9-16(15(12)17)13-7-4-8-14(13)18-3/h5-6,9,11,13-14H,4,7-8,10H2,1-3H3/t13-,14-/m0/s1. The lowest BCUT2D eigenvalue weighted by Gasteiger charge is -2.21. The van der Waals surface area contributed by atoms with E-state index < -0.39 is 0 Å². The summed E-state index contributed by atoms with van der Waals surface area (Å²) in [6.45, 7) is 4.29. The average molecular weight is 249 g/mol. The van der Waals surface area contributed by atoms with Gasteiger partial charge in [-0.05, 0) is 37.7 Å². The van der Waals surface area contributed by atoms with Gasteiger partial charge in [-0.25, -0.2) is 0 Å². The molecule has 0 saturated heterocycles. The minimum atomic E-state index is 0.167. The van der Waals surface area contributed by atoms with Crippen molar-refractivity contribution in [2.24, 2.45) is 5.92 Å². The highest BCUT2D eigenvalue weighted by Crippen LogP contribution is 2.31. The molecule has 18 heavy (non-hydrogen) atoms. The van der Waals surface area contributed by atoms with Crippen LogP contribution >= 0.6 is 0 Å². The summed E-state index contributed by atoms with van der Waals surface area (Å²) in [5.41, 5.74) is 1.09. The third kappa shape index (κ3) is 2.66. The molecule has 1 saturated carbocycles. The van der Waals surface area contributed by atoms with Crippen molar-refractivity contribution in [2.45, 2.75) is 51.7 Å². The van der Waals surface area contributed by atoms with Crippen LogP contribution in [0.3, 0.4) is 0 Å². The molecule has 1 heterocycles. The summed E-state index contributed by atoms with van der Waals surface area (Å²) < 4.78 is 7.38. The number of hydrogen-bond donors (Lipinski definition) is 0. The molecular formula is C15H23NO2. The normalized spacial score (nSPS) is 23.8. The molecule has 0 aliphatic heterocycles. The number of hydrogen-bond acceptors (Lipinski definition) is 2. The predicted octanol–water partition coefficient (Wildman–Crippen LogP) is 2.79. The highest BCUT2D eigenvalue weighted by molar-refractivity contribution is 5.12. The zero-order valence-corrected chi connectivity index (χ0v) is 11.6. The van der Waals surface area contributed by atoms with E-state index in [2.05, 4.69) is 13.8 Å². The lowest BCUT2D eigenvalue weighted by molar-refractivity contribution is 0.0737. The molecule has 1 aliphatic carbocycles. The van der Waals surface area contributed by atoms with E-state index in [-0.39, 0.29) is 17.7 Å². The van der Waals surface area contributed by atoms with Gasteiger partial charge in [-0.3, -0.25) is 4.79 Å². The van der Waals surface area contributed by atoms with Gasteiger partial charge in [0.25, 0.3) is 5.56 Å². The number of pyridine rings is 1. The van der Waals surface area contributed by atoms with Crippen molar-refractivity contribution in [3.05, 3.63) is 34.2 Å². The lowest BCUT2D eigenvalue weighted by atomic mass is 10.0. The lowest BCUT2D eigenvalue weighted by Crippen LogP contribution is -2.31. The first-order valence-corrected chi connectivity index (χ1v) is 6.86. The summed E-state index contributed by atoms with van der Waals surface area (Å²) in [5.74, 6) is 0.510. The van der Waals surface area contributed by atoms with Crippen LogP contribution in [0.15, 0.2) is 23.1 Å². The van der Waals surface area contributed by atoms with Gasteiger partial charge in [0.2, 0.25) is 0 Å². The van der Waals surface area contributed by atoms with E-state index in [1.807, 2.05) is 22.9 Å². The summed E-state index contributed by atoms with van der Waals surface area (Å²) >= 11 is 0. The van der Waals surface area contributed by atoms with Crippen molar-refractivity contribution < 1.29 is 4.74 Å². The number of nitrogens with zero attached hydrogens (tertiary/aromatic N) is 1. The fourth-order valence-corrected chi connectivity index (χ4v) is 2.91. The smallest absolute Gasteiger partial charge is 0.254 e. The number of aromatic nitrogens is 1. The van der Waals surface area contributed by atoms with Crippen LogP contribution in [-0.2, 0) is 11.2 Å². The first-order valence-electron chi connectivity index (χ1n) is 6.86. The molecule has 2 atom stereocenters. The SMILES string of the molecule is CO[C@H]1CCC[C@@H]1n1cccc(CC(C)C)c1=O. The second-order valence-electron chi connectivity index (χ2n) is 5.62. The highest BCUT2D eigenvalue weighted by atomic mass is 16.5. The fraction of sp³-hybridized carbons (Fsp3) is 0.667. The Morgan fingerprint density at radius 2 is 2.22 bits per heavy atom. The number of ether oxygens (including phenoxy) is 1. The summed E-state index contributed by atoms with van der Waals surface area (Å²) in [6.07, 6.45) is 6.20. The van der Waals surface area contributed by atoms with Crippen molar-refractivity contribution in [1.29, 1.82) is 0 Å². The van der Waals surface area contributed by atoms with Crippen molar-refractivity contribution >= 4 is 0 Å². The maximum Gasteiger partial charge on any atom is 0.254 e. The van der Waals surface area contributed by atoms with Crippen molar-refractivity contribution in [2.75, 3.05) is 7.11 Å². The van der Waals surface area contributed by atoms with Crippen LogP contribution in [0, 0.1) is 5.92 Å². The third-order valence-corrected chi connectivity index (χ3v) is 3.76. The van der Waals surface area contributed by atoms with Crippen LogP contribution in [0.25, 0.3) is 0 Å². The summed E-state index contributed by atoms with van der Waals surface area (Å²) in [5, 5.41) is 0. The maximum absolute atomic E-state index is 12.5. The summed E-state index contributed by atoms with van der Waals surface area (Å²) in [7, 11) is 1.74. The third-order valence-electron chi connectivity index (χ3n) is 3.76. The second kappa shape index (κ2) is 5.70. The molecule has 3 heteroatoms. The van der Waals surface area contributed by atoms with Crippen LogP contribution in [-0.4, -0.2) is 17.8 Å². The zero-order chi connectivity index (χ0) is 13.1. The largest absolute Gasteiger partial charge is 0.379 e. The molecule has 0 bridgehead atoms. The molecular weight excluding hydrogens is 226 g/mol. The predicted molar refractivity (Wildman–Crippen MR) is 72.9 cm³/mol. The molecule has 0 unspecified atom stereocenters.